The second-order valence-corrected chi connectivity index (χ2v) is 5.22. The summed E-state index contributed by atoms with van der Waals surface area (Å²) in [5.41, 5.74) is 2.32. The van der Waals surface area contributed by atoms with E-state index in [-0.39, 0.29) is 17.9 Å². The number of H-pyrrole nitrogens is 1. The van der Waals surface area contributed by atoms with Gasteiger partial charge in [-0.25, -0.2) is 0 Å². The molecule has 20 heavy (non-hydrogen) atoms. The fourth-order valence-corrected chi connectivity index (χ4v) is 2.53. The van der Waals surface area contributed by atoms with Gasteiger partial charge in [0.25, 0.3) is 0 Å². The van der Waals surface area contributed by atoms with Crippen LogP contribution in [-0.2, 0) is 16.0 Å². The van der Waals surface area contributed by atoms with Gasteiger partial charge in [-0.3, -0.25) is 9.89 Å². The molecule has 2 unspecified atom stereocenters. The number of carbonyl (C=O) groups is 1. The van der Waals surface area contributed by atoms with Crippen molar-refractivity contribution < 1.29 is 9.53 Å². The van der Waals surface area contributed by atoms with E-state index in [4.69, 9.17) is 4.74 Å². The normalized spacial score (nSPS) is 22.1. The zero-order valence-corrected chi connectivity index (χ0v) is 12.2. The van der Waals surface area contributed by atoms with E-state index in [1.54, 1.807) is 0 Å². The van der Waals surface area contributed by atoms with E-state index in [1.807, 2.05) is 20.0 Å². The third-order valence-electron chi connectivity index (χ3n) is 3.74. The number of nitrogens with one attached hydrogen (secondary N) is 3. The highest BCUT2D eigenvalue weighted by atomic mass is 16.5. The van der Waals surface area contributed by atoms with Crippen LogP contribution in [0.3, 0.4) is 0 Å². The summed E-state index contributed by atoms with van der Waals surface area (Å²) in [6.07, 6.45) is 3.70. The van der Waals surface area contributed by atoms with E-state index < -0.39 is 0 Å². The van der Waals surface area contributed by atoms with Crippen LogP contribution in [0.4, 0.5) is 0 Å². The second-order valence-electron chi connectivity index (χ2n) is 5.22. The van der Waals surface area contributed by atoms with E-state index in [0.717, 1.165) is 25.1 Å². The first-order valence-electron chi connectivity index (χ1n) is 7.30. The van der Waals surface area contributed by atoms with Crippen molar-refractivity contribution in [3.8, 4) is 0 Å². The number of ether oxygens (including phenoxy) is 1. The molecule has 1 aromatic rings. The Labute approximate surface area is 119 Å². The molecule has 0 radical (unpaired) electrons. The van der Waals surface area contributed by atoms with Gasteiger partial charge in [-0.05, 0) is 31.9 Å². The molecule has 112 valence electrons. The maximum absolute atomic E-state index is 12.1. The lowest BCUT2D eigenvalue weighted by molar-refractivity contribution is -0.125. The Balaban J connectivity index is 1.68. The average molecular weight is 280 g/mol. The van der Waals surface area contributed by atoms with E-state index in [0.29, 0.717) is 19.8 Å². The molecule has 1 amide bonds. The molecule has 0 bridgehead atoms. The smallest absolute Gasteiger partial charge is 0.227 e. The Morgan fingerprint density at radius 2 is 2.40 bits per heavy atom. The first kappa shape index (κ1) is 15.0. The Hall–Kier alpha value is -1.40. The third-order valence-corrected chi connectivity index (χ3v) is 3.74. The molecule has 0 spiro atoms. The van der Waals surface area contributed by atoms with Crippen LogP contribution < -0.4 is 10.6 Å². The highest BCUT2D eigenvalue weighted by Gasteiger charge is 2.33. The monoisotopic (exact) mass is 280 g/mol. The molecule has 2 atom stereocenters. The van der Waals surface area contributed by atoms with Gasteiger partial charge in [0.05, 0.1) is 25.3 Å². The van der Waals surface area contributed by atoms with Crippen molar-refractivity contribution in [2.24, 2.45) is 5.92 Å². The lowest BCUT2D eigenvalue weighted by atomic mass is 10.0. The van der Waals surface area contributed by atoms with Crippen LogP contribution in [0.15, 0.2) is 6.20 Å². The minimum absolute atomic E-state index is 0.0642. The highest BCUT2D eigenvalue weighted by molar-refractivity contribution is 5.79. The molecular formula is C14H24N4O2. The van der Waals surface area contributed by atoms with Crippen LogP contribution in [-0.4, -0.2) is 48.4 Å². The molecule has 1 aromatic heterocycles. The average Bonchev–Trinajstić information content (AvgIpc) is 3.04. The highest BCUT2D eigenvalue weighted by Crippen LogP contribution is 2.13. The van der Waals surface area contributed by atoms with Crippen LogP contribution in [0.5, 0.6) is 0 Å². The summed E-state index contributed by atoms with van der Waals surface area (Å²) in [6.45, 7) is 6.75. The lowest BCUT2D eigenvalue weighted by Gasteiger charge is -2.17. The summed E-state index contributed by atoms with van der Waals surface area (Å²) in [5, 5.41) is 13.2. The molecular weight excluding hydrogens is 256 g/mol. The van der Waals surface area contributed by atoms with E-state index >= 15 is 0 Å². The number of nitrogens with zero attached hydrogens (tertiary/aromatic N) is 1. The summed E-state index contributed by atoms with van der Waals surface area (Å²) in [4.78, 5) is 12.1. The van der Waals surface area contributed by atoms with Gasteiger partial charge < -0.3 is 15.4 Å². The number of amides is 1. The van der Waals surface area contributed by atoms with Crippen molar-refractivity contribution in [2.45, 2.75) is 32.7 Å². The number of hydrogen-bond donors (Lipinski definition) is 3. The minimum Gasteiger partial charge on any atom is -0.379 e. The minimum atomic E-state index is -0.0642. The number of aromatic nitrogens is 2. The standard InChI is InChI=1S/C14H24N4O2/c1-3-15-13-9-20-8-12(13)14(19)16-6-4-5-11-7-17-18-10(11)2/h7,12-13,15H,3-6,8-9H2,1-2H3,(H,16,19)(H,17,18). The summed E-state index contributed by atoms with van der Waals surface area (Å²) < 4.78 is 5.39. The zero-order valence-electron chi connectivity index (χ0n) is 12.2. The Morgan fingerprint density at radius 1 is 1.55 bits per heavy atom. The fourth-order valence-electron chi connectivity index (χ4n) is 2.53. The predicted molar refractivity (Wildman–Crippen MR) is 76.4 cm³/mol. The molecule has 2 heterocycles. The number of carbonyl (C=O) groups excluding carboxylic acids is 1. The number of rotatable bonds is 7. The summed E-state index contributed by atoms with van der Waals surface area (Å²) in [7, 11) is 0. The molecule has 1 aliphatic heterocycles. The molecule has 2 rings (SSSR count). The molecule has 1 saturated heterocycles. The van der Waals surface area contributed by atoms with Crippen molar-refractivity contribution in [1.82, 2.24) is 20.8 Å². The molecule has 6 heteroatoms. The maximum Gasteiger partial charge on any atom is 0.227 e. The van der Waals surface area contributed by atoms with Gasteiger partial charge in [0.1, 0.15) is 0 Å². The summed E-state index contributed by atoms with van der Waals surface area (Å²) in [6, 6.07) is 0.149. The zero-order chi connectivity index (χ0) is 14.4. The Kier molecular flexibility index (Phi) is 5.55. The Bertz CT molecular complexity index is 433. The first-order chi connectivity index (χ1) is 9.72. The van der Waals surface area contributed by atoms with Crippen LogP contribution in [0.25, 0.3) is 0 Å². The van der Waals surface area contributed by atoms with Gasteiger partial charge in [-0.1, -0.05) is 6.92 Å². The number of aromatic amines is 1. The van der Waals surface area contributed by atoms with Crippen molar-refractivity contribution >= 4 is 5.91 Å². The molecule has 6 nitrogen and oxygen atoms in total. The van der Waals surface area contributed by atoms with Crippen molar-refractivity contribution in [3.63, 3.8) is 0 Å². The first-order valence-corrected chi connectivity index (χ1v) is 7.30. The number of hydrogen-bond acceptors (Lipinski definition) is 4. The van der Waals surface area contributed by atoms with Gasteiger partial charge in [0.2, 0.25) is 5.91 Å². The van der Waals surface area contributed by atoms with E-state index in [2.05, 4.69) is 20.8 Å². The Morgan fingerprint density at radius 3 is 3.10 bits per heavy atom. The fraction of sp³-hybridized carbons (Fsp3) is 0.714. The van der Waals surface area contributed by atoms with Gasteiger partial charge in [0.15, 0.2) is 0 Å². The van der Waals surface area contributed by atoms with Crippen LogP contribution >= 0.6 is 0 Å². The van der Waals surface area contributed by atoms with E-state index in [9.17, 15) is 4.79 Å². The largest absolute Gasteiger partial charge is 0.379 e. The quantitative estimate of drug-likeness (QED) is 0.631. The van der Waals surface area contributed by atoms with Gasteiger partial charge in [-0.2, -0.15) is 5.10 Å². The van der Waals surface area contributed by atoms with Crippen LogP contribution in [0, 0.1) is 12.8 Å². The van der Waals surface area contributed by atoms with Crippen LogP contribution in [0.1, 0.15) is 24.6 Å². The summed E-state index contributed by atoms with van der Waals surface area (Å²) in [5.74, 6) is 0.0305. The van der Waals surface area contributed by atoms with Gasteiger partial charge in [-0.15, -0.1) is 0 Å². The molecule has 0 aromatic carbocycles. The predicted octanol–water partition coefficient (Wildman–Crippen LogP) is 0.391. The third kappa shape index (κ3) is 3.80. The number of likely N-dealkylation sites (N-methyl/N-ethyl adjacent to an activating group) is 1. The molecule has 1 fully saturated rings. The molecule has 3 N–H and O–H groups in total. The second kappa shape index (κ2) is 7.40. The lowest BCUT2D eigenvalue weighted by Crippen LogP contribution is -2.44. The van der Waals surface area contributed by atoms with Gasteiger partial charge in [0, 0.05) is 18.3 Å². The maximum atomic E-state index is 12.1. The SMILES string of the molecule is CCNC1COCC1C(=O)NCCCc1cn[nH]c1C. The van der Waals surface area contributed by atoms with Crippen molar-refractivity contribution in [3.05, 3.63) is 17.5 Å². The van der Waals surface area contributed by atoms with Crippen molar-refractivity contribution in [1.29, 1.82) is 0 Å². The molecule has 1 aliphatic rings. The van der Waals surface area contributed by atoms with E-state index in [1.165, 1.54) is 5.56 Å². The summed E-state index contributed by atoms with van der Waals surface area (Å²) >= 11 is 0. The van der Waals surface area contributed by atoms with Crippen molar-refractivity contribution in [2.75, 3.05) is 26.3 Å². The van der Waals surface area contributed by atoms with Gasteiger partial charge >= 0.3 is 0 Å². The number of aryl methyl sites for hydroxylation is 2. The topological polar surface area (TPSA) is 79.0 Å². The molecule has 0 aliphatic carbocycles. The van der Waals surface area contributed by atoms with Crippen LogP contribution in [0.2, 0.25) is 0 Å². The molecule has 0 saturated carbocycles.